The molecule has 0 spiro atoms. The normalized spacial score (nSPS) is 26.2. The van der Waals surface area contributed by atoms with Crippen molar-refractivity contribution in [2.75, 3.05) is 5.73 Å². The zero-order valence-electron chi connectivity index (χ0n) is 10.8. The van der Waals surface area contributed by atoms with Crippen molar-refractivity contribution in [3.63, 3.8) is 0 Å². The van der Waals surface area contributed by atoms with Gasteiger partial charge in [0.1, 0.15) is 5.82 Å². The number of nitrogen functional groups attached to an aromatic ring is 1. The summed E-state index contributed by atoms with van der Waals surface area (Å²) in [5, 5.41) is 0. The van der Waals surface area contributed by atoms with Crippen molar-refractivity contribution in [2.24, 2.45) is 10.7 Å². The van der Waals surface area contributed by atoms with Crippen molar-refractivity contribution in [1.82, 2.24) is 0 Å². The van der Waals surface area contributed by atoms with Crippen LogP contribution < -0.4 is 11.5 Å². The molecule has 0 aliphatic carbocycles. The van der Waals surface area contributed by atoms with Crippen LogP contribution in [0.2, 0.25) is 0 Å². The standard InChI is InChI=1S/C12H12F5N3O/c1-11(8-5(13)2-3-6(18)9(8)14)4-7(12(15,16)17)21-10(19)20-11/h2-3,7H,4,18H2,1H3,(H2,19,20). The minimum Gasteiger partial charge on any atom is -0.452 e. The van der Waals surface area contributed by atoms with Crippen molar-refractivity contribution in [2.45, 2.75) is 31.2 Å². The number of alkyl halides is 3. The average Bonchev–Trinajstić information content (AvgIpc) is 2.32. The van der Waals surface area contributed by atoms with E-state index in [0.29, 0.717) is 0 Å². The third-order valence-electron chi connectivity index (χ3n) is 3.23. The number of ether oxygens (including phenoxy) is 1. The molecule has 1 heterocycles. The van der Waals surface area contributed by atoms with Gasteiger partial charge in [0.25, 0.3) is 6.02 Å². The monoisotopic (exact) mass is 309 g/mol. The van der Waals surface area contributed by atoms with Crippen molar-refractivity contribution in [3.8, 4) is 0 Å². The molecule has 4 N–H and O–H groups in total. The lowest BCUT2D eigenvalue weighted by Gasteiger charge is -2.36. The van der Waals surface area contributed by atoms with Gasteiger partial charge < -0.3 is 16.2 Å². The molecule has 0 saturated heterocycles. The molecule has 21 heavy (non-hydrogen) atoms. The summed E-state index contributed by atoms with van der Waals surface area (Å²) in [5.41, 5.74) is 7.63. The van der Waals surface area contributed by atoms with Crippen molar-refractivity contribution < 1.29 is 26.7 Å². The van der Waals surface area contributed by atoms with Crippen LogP contribution in [0.1, 0.15) is 18.9 Å². The Morgan fingerprint density at radius 3 is 2.48 bits per heavy atom. The Morgan fingerprint density at radius 2 is 1.90 bits per heavy atom. The van der Waals surface area contributed by atoms with Gasteiger partial charge in [0.15, 0.2) is 11.9 Å². The lowest BCUT2D eigenvalue weighted by Crippen LogP contribution is -2.46. The molecule has 4 nitrogen and oxygen atoms in total. The third-order valence-corrected chi connectivity index (χ3v) is 3.23. The second kappa shape index (κ2) is 4.74. The molecule has 1 aliphatic rings. The van der Waals surface area contributed by atoms with E-state index in [1.54, 1.807) is 0 Å². The number of rotatable bonds is 1. The first-order valence-electron chi connectivity index (χ1n) is 5.87. The highest BCUT2D eigenvalue weighted by molar-refractivity contribution is 5.73. The topological polar surface area (TPSA) is 73.6 Å². The van der Waals surface area contributed by atoms with Gasteiger partial charge in [0.05, 0.1) is 16.8 Å². The summed E-state index contributed by atoms with van der Waals surface area (Å²) >= 11 is 0. The predicted octanol–water partition coefficient (Wildman–Crippen LogP) is 2.43. The van der Waals surface area contributed by atoms with Gasteiger partial charge in [0, 0.05) is 6.42 Å². The van der Waals surface area contributed by atoms with E-state index in [9.17, 15) is 22.0 Å². The van der Waals surface area contributed by atoms with Crippen LogP contribution in [0.3, 0.4) is 0 Å². The molecule has 116 valence electrons. The van der Waals surface area contributed by atoms with Crippen molar-refractivity contribution >= 4 is 11.7 Å². The highest BCUT2D eigenvalue weighted by atomic mass is 19.4. The highest BCUT2D eigenvalue weighted by Gasteiger charge is 2.50. The van der Waals surface area contributed by atoms with Crippen LogP contribution in [0, 0.1) is 11.6 Å². The first-order valence-corrected chi connectivity index (χ1v) is 5.87. The SMILES string of the molecule is CC1(c2c(F)ccc(N)c2F)CC(C(F)(F)F)OC(N)=N1. The minimum absolute atomic E-state index is 0.392. The molecular weight excluding hydrogens is 297 g/mol. The van der Waals surface area contributed by atoms with E-state index in [1.165, 1.54) is 0 Å². The van der Waals surface area contributed by atoms with Gasteiger partial charge in [-0.05, 0) is 19.1 Å². The molecule has 2 atom stereocenters. The highest BCUT2D eigenvalue weighted by Crippen LogP contribution is 2.42. The van der Waals surface area contributed by atoms with E-state index in [-0.39, 0.29) is 0 Å². The molecule has 1 aliphatic heterocycles. The minimum atomic E-state index is -4.74. The van der Waals surface area contributed by atoms with Crippen LogP contribution in [0.5, 0.6) is 0 Å². The fraction of sp³-hybridized carbons (Fsp3) is 0.417. The van der Waals surface area contributed by atoms with Gasteiger partial charge >= 0.3 is 6.18 Å². The van der Waals surface area contributed by atoms with Gasteiger partial charge in [-0.1, -0.05) is 0 Å². The second-order valence-corrected chi connectivity index (χ2v) is 4.90. The summed E-state index contributed by atoms with van der Waals surface area (Å²) in [6, 6.07) is 1.06. The molecule has 2 unspecified atom stereocenters. The van der Waals surface area contributed by atoms with Gasteiger partial charge in [-0.2, -0.15) is 13.2 Å². The van der Waals surface area contributed by atoms with E-state index >= 15 is 0 Å². The Balaban J connectivity index is 2.56. The summed E-state index contributed by atoms with van der Waals surface area (Å²) in [6.45, 7) is 1.14. The van der Waals surface area contributed by atoms with Gasteiger partial charge in [-0.25, -0.2) is 13.8 Å². The zero-order valence-corrected chi connectivity index (χ0v) is 10.8. The number of anilines is 1. The fourth-order valence-electron chi connectivity index (χ4n) is 2.27. The Kier molecular flexibility index (Phi) is 3.46. The fourth-order valence-corrected chi connectivity index (χ4v) is 2.27. The molecule has 0 fully saturated rings. The van der Waals surface area contributed by atoms with E-state index in [2.05, 4.69) is 9.73 Å². The summed E-state index contributed by atoms with van der Waals surface area (Å²) in [5.74, 6) is -2.21. The number of halogens is 5. The van der Waals surface area contributed by atoms with E-state index in [4.69, 9.17) is 11.5 Å². The molecule has 0 radical (unpaired) electrons. The van der Waals surface area contributed by atoms with Gasteiger partial charge in [-0.3, -0.25) is 0 Å². The Labute approximate surface area is 116 Å². The van der Waals surface area contributed by atoms with Crippen LogP contribution in [-0.4, -0.2) is 18.3 Å². The molecule has 0 aromatic heterocycles. The van der Waals surface area contributed by atoms with Crippen LogP contribution >= 0.6 is 0 Å². The number of aliphatic imine (C=N–C) groups is 1. The number of hydrogen-bond acceptors (Lipinski definition) is 4. The first-order chi connectivity index (χ1) is 9.54. The molecule has 1 aromatic rings. The molecular formula is C12H12F5N3O. The summed E-state index contributed by atoms with van der Waals surface area (Å²) in [6.07, 6.45) is -7.86. The molecule has 9 heteroatoms. The van der Waals surface area contributed by atoms with Crippen molar-refractivity contribution in [3.05, 3.63) is 29.3 Å². The van der Waals surface area contributed by atoms with Crippen molar-refractivity contribution in [1.29, 1.82) is 0 Å². The van der Waals surface area contributed by atoms with Crippen LogP contribution in [0.15, 0.2) is 17.1 Å². The third kappa shape index (κ3) is 2.72. The average molecular weight is 309 g/mol. The van der Waals surface area contributed by atoms with Crippen LogP contribution in [0.4, 0.5) is 27.6 Å². The Morgan fingerprint density at radius 1 is 1.29 bits per heavy atom. The van der Waals surface area contributed by atoms with Gasteiger partial charge in [-0.15, -0.1) is 0 Å². The summed E-state index contributed by atoms with van der Waals surface area (Å²) in [7, 11) is 0. The Bertz CT molecular complexity index is 601. The number of nitrogens with zero attached hydrogens (tertiary/aromatic N) is 1. The molecule has 2 rings (SSSR count). The maximum atomic E-state index is 14.0. The second-order valence-electron chi connectivity index (χ2n) is 4.90. The number of benzene rings is 1. The lowest BCUT2D eigenvalue weighted by atomic mass is 9.85. The maximum Gasteiger partial charge on any atom is 0.425 e. The summed E-state index contributed by atoms with van der Waals surface area (Å²) < 4.78 is 70.8. The largest absolute Gasteiger partial charge is 0.452 e. The molecule has 0 saturated carbocycles. The molecule has 0 amide bonds. The first kappa shape index (κ1) is 15.3. The van der Waals surface area contributed by atoms with E-state index in [0.717, 1.165) is 19.1 Å². The number of nitrogens with two attached hydrogens (primary N) is 2. The molecule has 0 bridgehead atoms. The number of hydrogen-bond donors (Lipinski definition) is 2. The zero-order chi connectivity index (χ0) is 16.0. The quantitative estimate of drug-likeness (QED) is 0.618. The van der Waals surface area contributed by atoms with Crippen LogP contribution in [0.25, 0.3) is 0 Å². The summed E-state index contributed by atoms with van der Waals surface area (Å²) in [4.78, 5) is 3.65. The van der Waals surface area contributed by atoms with E-state index in [1.807, 2.05) is 0 Å². The van der Waals surface area contributed by atoms with Crippen LogP contribution in [-0.2, 0) is 10.3 Å². The number of amidine groups is 1. The lowest BCUT2D eigenvalue weighted by molar-refractivity contribution is -0.208. The Hall–Kier alpha value is -2.06. The van der Waals surface area contributed by atoms with Gasteiger partial charge in [0.2, 0.25) is 0 Å². The smallest absolute Gasteiger partial charge is 0.425 e. The van der Waals surface area contributed by atoms with E-state index < -0.39 is 53.1 Å². The maximum absolute atomic E-state index is 14.0. The predicted molar refractivity (Wildman–Crippen MR) is 65.3 cm³/mol. The molecule has 1 aromatic carbocycles.